The van der Waals surface area contributed by atoms with Gasteiger partial charge in [-0.05, 0) is 43.9 Å². The van der Waals surface area contributed by atoms with E-state index in [1.807, 2.05) is 6.92 Å². The zero-order chi connectivity index (χ0) is 19.1. The predicted molar refractivity (Wildman–Crippen MR) is 88.9 cm³/mol. The van der Waals surface area contributed by atoms with Crippen LogP contribution in [-0.4, -0.2) is 47.3 Å². The molecule has 2 aliphatic heterocycles. The fourth-order valence-corrected chi connectivity index (χ4v) is 3.55. The fourth-order valence-electron chi connectivity index (χ4n) is 3.55. The predicted octanol–water partition coefficient (Wildman–Crippen LogP) is 1.99. The Morgan fingerprint density at radius 1 is 1.35 bits per heavy atom. The van der Waals surface area contributed by atoms with Crippen molar-refractivity contribution in [3.05, 3.63) is 35.4 Å². The van der Waals surface area contributed by atoms with Gasteiger partial charge in [0.05, 0.1) is 0 Å². The second-order valence-corrected chi connectivity index (χ2v) is 7.16. The van der Waals surface area contributed by atoms with Gasteiger partial charge in [0.15, 0.2) is 0 Å². The molecule has 0 aliphatic carbocycles. The summed E-state index contributed by atoms with van der Waals surface area (Å²) in [5.41, 5.74) is -2.02. The second kappa shape index (κ2) is 6.66. The highest BCUT2D eigenvalue weighted by Gasteiger charge is 2.51. The Labute approximate surface area is 150 Å². The summed E-state index contributed by atoms with van der Waals surface area (Å²) in [5.74, 6) is -2.26. The van der Waals surface area contributed by atoms with Crippen molar-refractivity contribution in [3.8, 4) is 0 Å². The lowest BCUT2D eigenvalue weighted by Gasteiger charge is -2.31. The number of amides is 4. The molecule has 0 bridgehead atoms. The SMILES string of the molecule is C[C@H]1CCCN(C(=O)CN2C(=O)N[C@@](C)(c3cc(F)ccc3F)C2=O)C1. The lowest BCUT2D eigenvalue weighted by Crippen LogP contribution is -2.47. The summed E-state index contributed by atoms with van der Waals surface area (Å²) < 4.78 is 27.6. The maximum atomic E-state index is 14.1. The van der Waals surface area contributed by atoms with Gasteiger partial charge in [0.2, 0.25) is 5.91 Å². The number of carbonyl (C=O) groups excluding carboxylic acids is 3. The summed E-state index contributed by atoms with van der Waals surface area (Å²) in [4.78, 5) is 39.9. The number of hydrogen-bond donors (Lipinski definition) is 1. The monoisotopic (exact) mass is 365 g/mol. The molecular formula is C18H21F2N3O3. The minimum absolute atomic E-state index is 0.266. The number of nitrogens with one attached hydrogen (secondary N) is 1. The summed E-state index contributed by atoms with van der Waals surface area (Å²) in [7, 11) is 0. The van der Waals surface area contributed by atoms with Gasteiger partial charge >= 0.3 is 6.03 Å². The van der Waals surface area contributed by atoms with Crippen LogP contribution < -0.4 is 5.32 Å². The molecule has 26 heavy (non-hydrogen) atoms. The normalized spacial score (nSPS) is 26.2. The highest BCUT2D eigenvalue weighted by atomic mass is 19.1. The molecule has 2 saturated heterocycles. The average Bonchev–Trinajstić information content (AvgIpc) is 2.81. The van der Waals surface area contributed by atoms with E-state index in [1.54, 1.807) is 4.90 Å². The van der Waals surface area contributed by atoms with Gasteiger partial charge in [0.25, 0.3) is 5.91 Å². The smallest absolute Gasteiger partial charge is 0.325 e. The van der Waals surface area contributed by atoms with E-state index in [9.17, 15) is 23.2 Å². The first-order chi connectivity index (χ1) is 12.2. The van der Waals surface area contributed by atoms with E-state index >= 15 is 0 Å². The molecule has 4 amide bonds. The molecule has 1 N–H and O–H groups in total. The van der Waals surface area contributed by atoms with Crippen LogP contribution in [-0.2, 0) is 15.1 Å². The topological polar surface area (TPSA) is 69.7 Å². The molecule has 2 aliphatic rings. The largest absolute Gasteiger partial charge is 0.341 e. The molecular weight excluding hydrogens is 344 g/mol. The number of urea groups is 1. The quantitative estimate of drug-likeness (QED) is 0.833. The molecule has 0 aromatic heterocycles. The van der Waals surface area contributed by atoms with Crippen molar-refractivity contribution in [2.75, 3.05) is 19.6 Å². The van der Waals surface area contributed by atoms with Crippen LogP contribution in [0.5, 0.6) is 0 Å². The van der Waals surface area contributed by atoms with Gasteiger partial charge in [-0.25, -0.2) is 13.6 Å². The van der Waals surface area contributed by atoms with Crippen molar-refractivity contribution in [3.63, 3.8) is 0 Å². The lowest BCUT2D eigenvalue weighted by molar-refractivity contribution is -0.139. The Kier molecular flexibility index (Phi) is 4.68. The lowest BCUT2D eigenvalue weighted by atomic mass is 9.91. The number of piperidine rings is 1. The maximum Gasteiger partial charge on any atom is 0.325 e. The standard InChI is InChI=1S/C18H21F2N3O3/c1-11-4-3-7-22(9-11)15(24)10-23-16(25)18(2,21-17(23)26)13-8-12(19)5-6-14(13)20/h5-6,8,11H,3-4,7,9-10H2,1-2H3,(H,21,26)/t11-,18-/m0/s1. The number of likely N-dealkylation sites (tertiary alicyclic amines) is 1. The summed E-state index contributed by atoms with van der Waals surface area (Å²) in [6, 6.07) is 1.92. The number of hydrogen-bond acceptors (Lipinski definition) is 3. The van der Waals surface area contributed by atoms with Gasteiger partial charge in [-0.2, -0.15) is 0 Å². The first-order valence-electron chi connectivity index (χ1n) is 8.60. The van der Waals surface area contributed by atoms with Crippen molar-refractivity contribution in [2.24, 2.45) is 5.92 Å². The molecule has 1 aromatic rings. The Hall–Kier alpha value is -2.51. The Balaban J connectivity index is 1.80. The first kappa shape index (κ1) is 18.3. The van der Waals surface area contributed by atoms with Crippen LogP contribution in [0.2, 0.25) is 0 Å². The molecule has 2 atom stereocenters. The molecule has 0 unspecified atom stereocenters. The van der Waals surface area contributed by atoms with Crippen molar-refractivity contribution < 1.29 is 23.2 Å². The molecule has 140 valence electrons. The third-order valence-electron chi connectivity index (χ3n) is 5.05. The molecule has 0 radical (unpaired) electrons. The Morgan fingerprint density at radius 2 is 2.08 bits per heavy atom. The van der Waals surface area contributed by atoms with Gasteiger partial charge in [0.1, 0.15) is 23.7 Å². The van der Waals surface area contributed by atoms with E-state index in [0.717, 1.165) is 35.9 Å². The van der Waals surface area contributed by atoms with Gasteiger partial charge in [0, 0.05) is 18.7 Å². The van der Waals surface area contributed by atoms with Crippen LogP contribution in [0.15, 0.2) is 18.2 Å². The molecule has 0 spiro atoms. The number of imide groups is 1. The number of halogens is 2. The van der Waals surface area contributed by atoms with Crippen LogP contribution in [0.4, 0.5) is 13.6 Å². The van der Waals surface area contributed by atoms with E-state index in [-0.39, 0.29) is 11.5 Å². The van der Waals surface area contributed by atoms with E-state index in [1.165, 1.54) is 6.92 Å². The number of rotatable bonds is 3. The summed E-state index contributed by atoms with van der Waals surface area (Å²) in [6.07, 6.45) is 1.91. The van der Waals surface area contributed by atoms with E-state index in [2.05, 4.69) is 5.32 Å². The Bertz CT molecular complexity index is 770. The summed E-state index contributed by atoms with van der Waals surface area (Å²) in [5, 5.41) is 2.39. The minimum atomic E-state index is -1.75. The molecule has 2 heterocycles. The van der Waals surface area contributed by atoms with Crippen LogP contribution in [0.1, 0.15) is 32.3 Å². The van der Waals surface area contributed by atoms with Gasteiger partial charge in [-0.15, -0.1) is 0 Å². The molecule has 1 aromatic carbocycles. The molecule has 0 saturated carbocycles. The third-order valence-corrected chi connectivity index (χ3v) is 5.05. The number of carbonyl (C=O) groups is 3. The van der Waals surface area contributed by atoms with Crippen molar-refractivity contribution in [2.45, 2.75) is 32.2 Å². The van der Waals surface area contributed by atoms with Gasteiger partial charge < -0.3 is 10.2 Å². The van der Waals surface area contributed by atoms with Crippen LogP contribution in [0.25, 0.3) is 0 Å². The fraction of sp³-hybridized carbons (Fsp3) is 0.500. The van der Waals surface area contributed by atoms with E-state index < -0.39 is 35.7 Å². The zero-order valence-corrected chi connectivity index (χ0v) is 14.7. The second-order valence-electron chi connectivity index (χ2n) is 7.16. The molecule has 2 fully saturated rings. The number of benzene rings is 1. The summed E-state index contributed by atoms with van der Waals surface area (Å²) in [6.45, 7) is 4.10. The maximum absolute atomic E-state index is 14.1. The van der Waals surface area contributed by atoms with Crippen LogP contribution >= 0.6 is 0 Å². The highest BCUT2D eigenvalue weighted by molar-refractivity contribution is 6.09. The highest BCUT2D eigenvalue weighted by Crippen LogP contribution is 2.31. The van der Waals surface area contributed by atoms with E-state index in [4.69, 9.17) is 0 Å². The summed E-state index contributed by atoms with van der Waals surface area (Å²) >= 11 is 0. The minimum Gasteiger partial charge on any atom is -0.341 e. The van der Waals surface area contributed by atoms with Crippen LogP contribution in [0, 0.1) is 17.6 Å². The van der Waals surface area contributed by atoms with Crippen molar-refractivity contribution in [1.82, 2.24) is 15.1 Å². The van der Waals surface area contributed by atoms with Crippen LogP contribution in [0.3, 0.4) is 0 Å². The average molecular weight is 365 g/mol. The number of nitrogens with zero attached hydrogens (tertiary/aromatic N) is 2. The van der Waals surface area contributed by atoms with Crippen molar-refractivity contribution in [1.29, 1.82) is 0 Å². The molecule has 6 nitrogen and oxygen atoms in total. The first-order valence-corrected chi connectivity index (χ1v) is 8.60. The molecule has 8 heteroatoms. The van der Waals surface area contributed by atoms with Gasteiger partial charge in [-0.3, -0.25) is 14.5 Å². The molecule has 3 rings (SSSR count). The van der Waals surface area contributed by atoms with E-state index in [0.29, 0.717) is 19.0 Å². The third kappa shape index (κ3) is 3.15. The zero-order valence-electron chi connectivity index (χ0n) is 14.7. The van der Waals surface area contributed by atoms with Gasteiger partial charge in [-0.1, -0.05) is 6.92 Å². The Morgan fingerprint density at radius 3 is 2.77 bits per heavy atom. The van der Waals surface area contributed by atoms with Crippen molar-refractivity contribution >= 4 is 17.8 Å².